The van der Waals surface area contributed by atoms with Crippen LogP contribution >= 0.6 is 11.6 Å². The van der Waals surface area contributed by atoms with Gasteiger partial charge in [0.2, 0.25) is 0 Å². The molecule has 3 nitrogen and oxygen atoms in total. The fraction of sp³-hybridized carbons (Fsp3) is 0.571. The Morgan fingerprint density at radius 1 is 1.28 bits per heavy atom. The normalized spacial score (nSPS) is 25.3. The maximum atomic E-state index is 9.42. The van der Waals surface area contributed by atoms with Crippen LogP contribution in [0.25, 0.3) is 0 Å². The predicted octanol–water partition coefficient (Wildman–Crippen LogP) is 2.33. The molecule has 3 rings (SSSR count). The van der Waals surface area contributed by atoms with Gasteiger partial charge in [-0.2, -0.15) is 0 Å². The number of piperazine rings is 1. The molecule has 4 heteroatoms. The number of phenols is 1. The second-order valence-corrected chi connectivity index (χ2v) is 5.76. The molecule has 0 aliphatic carbocycles. The average Bonchev–Trinajstić information content (AvgIpc) is 2.81. The molecular weight excluding hydrogens is 248 g/mol. The summed E-state index contributed by atoms with van der Waals surface area (Å²) in [6, 6.07) is 6.27. The number of nitrogens with zero attached hydrogens (tertiary/aromatic N) is 2. The monoisotopic (exact) mass is 266 g/mol. The van der Waals surface area contributed by atoms with Crippen LogP contribution < -0.4 is 0 Å². The molecule has 0 aromatic heterocycles. The fourth-order valence-corrected chi connectivity index (χ4v) is 3.31. The Kier molecular flexibility index (Phi) is 3.46. The highest BCUT2D eigenvalue weighted by atomic mass is 35.5. The van der Waals surface area contributed by atoms with Crippen LogP contribution in [0.1, 0.15) is 18.4 Å². The molecule has 1 atom stereocenters. The van der Waals surface area contributed by atoms with Gasteiger partial charge in [-0.3, -0.25) is 9.80 Å². The van der Waals surface area contributed by atoms with Crippen molar-refractivity contribution in [3.05, 3.63) is 28.8 Å². The van der Waals surface area contributed by atoms with Gasteiger partial charge >= 0.3 is 0 Å². The molecule has 1 unspecified atom stereocenters. The van der Waals surface area contributed by atoms with E-state index >= 15 is 0 Å². The van der Waals surface area contributed by atoms with Crippen molar-refractivity contribution in [2.24, 2.45) is 0 Å². The lowest BCUT2D eigenvalue weighted by molar-refractivity contribution is 0.0994. The lowest BCUT2D eigenvalue weighted by atomic mass is 10.1. The Balaban J connectivity index is 1.64. The number of aromatic hydroxyl groups is 1. The largest absolute Gasteiger partial charge is 0.506 e. The minimum atomic E-state index is 0.168. The molecule has 2 saturated heterocycles. The number of phenolic OH excluding ortho intramolecular Hbond substituents is 1. The summed E-state index contributed by atoms with van der Waals surface area (Å²) in [4.78, 5) is 5.11. The first-order valence-corrected chi connectivity index (χ1v) is 7.04. The molecule has 0 spiro atoms. The Labute approximate surface area is 113 Å². The zero-order chi connectivity index (χ0) is 12.5. The van der Waals surface area contributed by atoms with Gasteiger partial charge in [0.15, 0.2) is 0 Å². The van der Waals surface area contributed by atoms with Crippen LogP contribution in [0.4, 0.5) is 0 Å². The molecular formula is C14H19ClN2O. The van der Waals surface area contributed by atoms with Crippen LogP contribution in [0.3, 0.4) is 0 Å². The van der Waals surface area contributed by atoms with Gasteiger partial charge in [-0.15, -0.1) is 0 Å². The average molecular weight is 267 g/mol. The van der Waals surface area contributed by atoms with E-state index in [0.717, 1.165) is 19.1 Å². The maximum absolute atomic E-state index is 9.42. The summed E-state index contributed by atoms with van der Waals surface area (Å²) in [7, 11) is 0. The van der Waals surface area contributed by atoms with Crippen molar-refractivity contribution in [1.82, 2.24) is 9.80 Å². The molecule has 0 radical (unpaired) electrons. The summed E-state index contributed by atoms with van der Waals surface area (Å²) in [6.07, 6.45) is 2.69. The van der Waals surface area contributed by atoms with Gasteiger partial charge in [0.05, 0.1) is 5.02 Å². The number of benzene rings is 1. The van der Waals surface area contributed by atoms with Crippen LogP contribution in [0.5, 0.6) is 5.75 Å². The Morgan fingerprint density at radius 2 is 2.17 bits per heavy atom. The van der Waals surface area contributed by atoms with Crippen LogP contribution in [0, 0.1) is 0 Å². The van der Waals surface area contributed by atoms with E-state index in [1.165, 1.54) is 38.0 Å². The first-order chi connectivity index (χ1) is 8.72. The molecule has 0 saturated carbocycles. The number of fused-ring (bicyclic) bond motifs is 1. The summed E-state index contributed by atoms with van der Waals surface area (Å²) < 4.78 is 0. The van der Waals surface area contributed by atoms with Crippen LogP contribution in [0.15, 0.2) is 18.2 Å². The van der Waals surface area contributed by atoms with Crippen molar-refractivity contribution < 1.29 is 5.11 Å². The van der Waals surface area contributed by atoms with E-state index in [1.807, 2.05) is 12.1 Å². The predicted molar refractivity (Wildman–Crippen MR) is 73.0 cm³/mol. The highest BCUT2D eigenvalue weighted by Crippen LogP contribution is 2.26. The Hall–Kier alpha value is -0.770. The number of rotatable bonds is 2. The smallest absolute Gasteiger partial charge is 0.134 e. The van der Waals surface area contributed by atoms with Crippen LogP contribution in [-0.4, -0.2) is 47.1 Å². The summed E-state index contributed by atoms with van der Waals surface area (Å²) in [6.45, 7) is 5.71. The van der Waals surface area contributed by atoms with Crippen molar-refractivity contribution in [3.63, 3.8) is 0 Å². The zero-order valence-corrected chi connectivity index (χ0v) is 11.2. The third kappa shape index (κ3) is 2.48. The number of halogens is 1. The summed E-state index contributed by atoms with van der Waals surface area (Å²) >= 11 is 5.94. The van der Waals surface area contributed by atoms with Gasteiger partial charge in [0, 0.05) is 32.2 Å². The van der Waals surface area contributed by atoms with Gasteiger partial charge < -0.3 is 5.11 Å². The summed E-state index contributed by atoms with van der Waals surface area (Å²) in [5, 5.41) is 9.87. The quantitative estimate of drug-likeness (QED) is 0.890. The third-order valence-corrected chi connectivity index (χ3v) is 4.39. The molecule has 0 bridgehead atoms. The standard InChI is InChI=1S/C14H19ClN2O/c15-13-8-11(3-4-14(13)18)9-16-6-7-17-5-1-2-12(17)10-16/h3-4,8,12,18H,1-2,5-7,9-10H2. The molecule has 1 N–H and O–H groups in total. The van der Waals surface area contributed by atoms with Gasteiger partial charge in [-0.1, -0.05) is 17.7 Å². The topological polar surface area (TPSA) is 26.7 Å². The van der Waals surface area contributed by atoms with E-state index in [4.69, 9.17) is 11.6 Å². The van der Waals surface area contributed by atoms with Gasteiger partial charge in [0.25, 0.3) is 0 Å². The first kappa shape index (κ1) is 12.3. The molecule has 2 aliphatic rings. The SMILES string of the molecule is Oc1ccc(CN2CCN3CCCC3C2)cc1Cl. The zero-order valence-electron chi connectivity index (χ0n) is 10.5. The van der Waals surface area contributed by atoms with Crippen molar-refractivity contribution in [2.75, 3.05) is 26.2 Å². The van der Waals surface area contributed by atoms with Crippen LogP contribution in [0.2, 0.25) is 5.02 Å². The molecule has 1 aromatic carbocycles. The van der Waals surface area contributed by atoms with E-state index in [1.54, 1.807) is 6.07 Å². The second kappa shape index (κ2) is 5.08. The highest BCUT2D eigenvalue weighted by molar-refractivity contribution is 6.32. The van der Waals surface area contributed by atoms with Crippen molar-refractivity contribution >= 4 is 11.6 Å². The van der Waals surface area contributed by atoms with E-state index in [-0.39, 0.29) is 5.75 Å². The second-order valence-electron chi connectivity index (χ2n) is 5.35. The van der Waals surface area contributed by atoms with Crippen molar-refractivity contribution in [3.8, 4) is 5.75 Å². The fourth-order valence-electron chi connectivity index (χ4n) is 3.11. The molecule has 2 aliphatic heterocycles. The highest BCUT2D eigenvalue weighted by Gasteiger charge is 2.30. The third-order valence-electron chi connectivity index (χ3n) is 4.09. The Morgan fingerprint density at radius 3 is 3.00 bits per heavy atom. The lowest BCUT2D eigenvalue weighted by Crippen LogP contribution is -2.49. The minimum Gasteiger partial charge on any atom is -0.506 e. The molecule has 18 heavy (non-hydrogen) atoms. The van der Waals surface area contributed by atoms with Gasteiger partial charge in [-0.25, -0.2) is 0 Å². The number of hydrogen-bond acceptors (Lipinski definition) is 3. The first-order valence-electron chi connectivity index (χ1n) is 6.66. The minimum absolute atomic E-state index is 0.168. The van der Waals surface area contributed by atoms with E-state index in [2.05, 4.69) is 9.80 Å². The molecule has 2 fully saturated rings. The van der Waals surface area contributed by atoms with Crippen molar-refractivity contribution in [2.45, 2.75) is 25.4 Å². The van der Waals surface area contributed by atoms with Gasteiger partial charge in [0.1, 0.15) is 5.75 Å². The summed E-state index contributed by atoms with van der Waals surface area (Å²) in [5.74, 6) is 0.168. The molecule has 0 amide bonds. The lowest BCUT2D eigenvalue weighted by Gasteiger charge is -2.37. The van der Waals surface area contributed by atoms with Crippen LogP contribution in [-0.2, 0) is 6.54 Å². The molecule has 98 valence electrons. The van der Waals surface area contributed by atoms with Gasteiger partial charge in [-0.05, 0) is 37.1 Å². The maximum Gasteiger partial charge on any atom is 0.134 e. The van der Waals surface area contributed by atoms with Crippen molar-refractivity contribution in [1.29, 1.82) is 0 Å². The van der Waals surface area contributed by atoms with E-state index in [0.29, 0.717) is 5.02 Å². The van der Waals surface area contributed by atoms with E-state index in [9.17, 15) is 5.11 Å². The molecule has 1 aromatic rings. The Bertz CT molecular complexity index is 438. The summed E-state index contributed by atoms with van der Waals surface area (Å²) in [5.41, 5.74) is 1.18. The molecule has 2 heterocycles. The van der Waals surface area contributed by atoms with E-state index < -0.39 is 0 Å². The number of hydrogen-bond donors (Lipinski definition) is 1.